The molecule has 3 amide bonds. The van der Waals surface area contributed by atoms with E-state index in [-0.39, 0.29) is 42.6 Å². The number of benzene rings is 2. The quantitative estimate of drug-likeness (QED) is 0.633. The second-order valence-corrected chi connectivity index (χ2v) is 7.49. The molecule has 1 aromatic heterocycles. The van der Waals surface area contributed by atoms with Crippen LogP contribution in [0.4, 0.5) is 0 Å². The average molecular weight is 390 g/mol. The van der Waals surface area contributed by atoms with Crippen LogP contribution in [0.1, 0.15) is 52.9 Å². The van der Waals surface area contributed by atoms with Crippen LogP contribution in [0.15, 0.2) is 48.5 Å². The third kappa shape index (κ3) is 3.51. The van der Waals surface area contributed by atoms with E-state index >= 15 is 0 Å². The van der Waals surface area contributed by atoms with E-state index in [1.165, 1.54) is 0 Å². The number of imide groups is 1. The predicted octanol–water partition coefficient (Wildman–Crippen LogP) is 3.06. The van der Waals surface area contributed by atoms with Crippen molar-refractivity contribution in [3.8, 4) is 0 Å². The Labute approximate surface area is 168 Å². The van der Waals surface area contributed by atoms with Crippen LogP contribution in [-0.4, -0.2) is 39.1 Å². The third-order valence-electron chi connectivity index (χ3n) is 5.13. The minimum absolute atomic E-state index is 0.0366. The highest BCUT2D eigenvalue weighted by molar-refractivity contribution is 6.21. The van der Waals surface area contributed by atoms with Gasteiger partial charge in [0.25, 0.3) is 11.8 Å². The van der Waals surface area contributed by atoms with Crippen LogP contribution < -0.4 is 5.32 Å². The molecule has 0 bridgehead atoms. The number of imidazole rings is 1. The van der Waals surface area contributed by atoms with E-state index in [0.29, 0.717) is 17.0 Å². The monoisotopic (exact) mass is 390 g/mol. The van der Waals surface area contributed by atoms with Crippen LogP contribution >= 0.6 is 0 Å². The molecule has 0 unspecified atom stereocenters. The number of rotatable bonds is 6. The highest BCUT2D eigenvalue weighted by Gasteiger charge is 2.35. The van der Waals surface area contributed by atoms with Crippen molar-refractivity contribution in [3.63, 3.8) is 0 Å². The van der Waals surface area contributed by atoms with Gasteiger partial charge >= 0.3 is 0 Å². The Hall–Kier alpha value is -3.48. The molecular weight excluding hydrogens is 368 g/mol. The molecule has 0 fully saturated rings. The lowest BCUT2D eigenvalue weighted by molar-refractivity contribution is -0.122. The first-order valence-electron chi connectivity index (χ1n) is 9.65. The van der Waals surface area contributed by atoms with Gasteiger partial charge in [0.2, 0.25) is 5.91 Å². The van der Waals surface area contributed by atoms with Crippen molar-refractivity contribution >= 4 is 28.8 Å². The summed E-state index contributed by atoms with van der Waals surface area (Å²) in [5.41, 5.74) is 2.53. The van der Waals surface area contributed by atoms with Crippen molar-refractivity contribution in [3.05, 3.63) is 65.5 Å². The molecule has 1 aliphatic rings. The third-order valence-corrected chi connectivity index (χ3v) is 5.13. The van der Waals surface area contributed by atoms with Crippen molar-refractivity contribution in [2.75, 3.05) is 6.54 Å². The topological polar surface area (TPSA) is 95.2 Å². The summed E-state index contributed by atoms with van der Waals surface area (Å²) in [6, 6.07) is 14.1. The Morgan fingerprint density at radius 1 is 1.03 bits per heavy atom. The maximum Gasteiger partial charge on any atom is 0.261 e. The van der Waals surface area contributed by atoms with Crippen LogP contribution in [0.5, 0.6) is 0 Å². The summed E-state index contributed by atoms with van der Waals surface area (Å²) in [6.07, 6.45) is 0.0366. The Morgan fingerprint density at radius 3 is 2.28 bits per heavy atom. The van der Waals surface area contributed by atoms with Gasteiger partial charge in [0, 0.05) is 13.0 Å². The van der Waals surface area contributed by atoms with Gasteiger partial charge in [0.1, 0.15) is 5.82 Å². The lowest BCUT2D eigenvalue weighted by atomic mass is 10.0. The van der Waals surface area contributed by atoms with Crippen molar-refractivity contribution in [2.24, 2.45) is 5.92 Å². The number of carbonyl (C=O) groups is 3. The van der Waals surface area contributed by atoms with E-state index in [1.807, 2.05) is 38.1 Å². The van der Waals surface area contributed by atoms with Gasteiger partial charge in [0.15, 0.2) is 0 Å². The van der Waals surface area contributed by atoms with E-state index in [4.69, 9.17) is 0 Å². The van der Waals surface area contributed by atoms with E-state index in [0.717, 1.165) is 15.9 Å². The summed E-state index contributed by atoms with van der Waals surface area (Å²) < 4.78 is 0. The van der Waals surface area contributed by atoms with Gasteiger partial charge in [-0.15, -0.1) is 0 Å². The average Bonchev–Trinajstić information content (AvgIpc) is 3.24. The number of hydrogen-bond donors (Lipinski definition) is 2. The van der Waals surface area contributed by atoms with Crippen molar-refractivity contribution in [2.45, 2.75) is 26.3 Å². The molecule has 0 spiro atoms. The number of para-hydroxylation sites is 2. The molecule has 0 saturated carbocycles. The van der Waals surface area contributed by atoms with Crippen LogP contribution in [0, 0.1) is 5.92 Å². The van der Waals surface area contributed by atoms with Gasteiger partial charge in [-0.1, -0.05) is 38.1 Å². The molecule has 0 saturated heterocycles. The van der Waals surface area contributed by atoms with Gasteiger partial charge in [-0.3, -0.25) is 19.3 Å². The van der Waals surface area contributed by atoms with Gasteiger partial charge in [0.05, 0.1) is 28.2 Å². The smallest absolute Gasteiger partial charge is 0.261 e. The summed E-state index contributed by atoms with van der Waals surface area (Å²) in [5.74, 6) is -0.137. The summed E-state index contributed by atoms with van der Waals surface area (Å²) in [5, 5.41) is 2.99. The number of H-pyrrole nitrogens is 1. The second kappa shape index (κ2) is 7.50. The Balaban J connectivity index is 1.43. The molecule has 1 aliphatic heterocycles. The molecule has 2 aromatic carbocycles. The zero-order valence-electron chi connectivity index (χ0n) is 16.3. The fourth-order valence-corrected chi connectivity index (χ4v) is 3.57. The lowest BCUT2D eigenvalue weighted by Gasteiger charge is -2.21. The summed E-state index contributed by atoms with van der Waals surface area (Å²) in [7, 11) is 0. The first-order valence-corrected chi connectivity index (χ1v) is 9.65. The largest absolute Gasteiger partial charge is 0.346 e. The molecule has 7 nitrogen and oxygen atoms in total. The maximum atomic E-state index is 12.6. The zero-order chi connectivity index (χ0) is 20.5. The van der Waals surface area contributed by atoms with Crippen molar-refractivity contribution < 1.29 is 14.4 Å². The summed E-state index contributed by atoms with van der Waals surface area (Å²) >= 11 is 0. The van der Waals surface area contributed by atoms with Crippen molar-refractivity contribution in [1.29, 1.82) is 0 Å². The highest BCUT2D eigenvalue weighted by atomic mass is 16.2. The first kappa shape index (κ1) is 18.9. The number of carbonyl (C=O) groups excluding carboxylic acids is 3. The SMILES string of the molecule is CC(C)[C@@H](NC(=O)CCN1C(=O)c2ccccc2C1=O)c1nc2ccccc2[nH]1. The maximum absolute atomic E-state index is 12.6. The number of nitrogens with one attached hydrogen (secondary N) is 2. The highest BCUT2D eigenvalue weighted by Crippen LogP contribution is 2.24. The van der Waals surface area contributed by atoms with Crippen LogP contribution in [0.25, 0.3) is 11.0 Å². The van der Waals surface area contributed by atoms with Gasteiger partial charge < -0.3 is 10.3 Å². The first-order chi connectivity index (χ1) is 14.0. The number of fused-ring (bicyclic) bond motifs is 2. The Bertz CT molecular complexity index is 1030. The number of aromatic nitrogens is 2. The molecule has 0 aliphatic carbocycles. The molecular formula is C22H22N4O3. The number of nitrogens with zero attached hydrogens (tertiary/aromatic N) is 2. The van der Waals surface area contributed by atoms with Crippen molar-refractivity contribution in [1.82, 2.24) is 20.2 Å². The molecule has 2 heterocycles. The number of amides is 3. The number of hydrogen-bond acceptors (Lipinski definition) is 4. The molecule has 0 radical (unpaired) electrons. The lowest BCUT2D eigenvalue weighted by Crippen LogP contribution is -2.37. The standard InChI is InChI=1S/C22H22N4O3/c1-13(2)19(20-23-16-9-5-6-10-17(16)24-20)25-18(27)11-12-26-21(28)14-7-3-4-8-15(14)22(26)29/h3-10,13,19H,11-12H2,1-2H3,(H,23,24)(H,25,27)/t19-/m1/s1. The van der Waals surface area contributed by atoms with Gasteiger partial charge in [-0.2, -0.15) is 0 Å². The van der Waals surface area contributed by atoms with Crippen LogP contribution in [-0.2, 0) is 4.79 Å². The minimum atomic E-state index is -0.351. The van der Waals surface area contributed by atoms with E-state index < -0.39 is 0 Å². The predicted molar refractivity (Wildman–Crippen MR) is 108 cm³/mol. The van der Waals surface area contributed by atoms with Gasteiger partial charge in [-0.25, -0.2) is 4.98 Å². The molecule has 3 aromatic rings. The molecule has 1 atom stereocenters. The van der Waals surface area contributed by atoms with Gasteiger partial charge in [-0.05, 0) is 30.2 Å². The fourth-order valence-electron chi connectivity index (χ4n) is 3.57. The molecule has 4 rings (SSSR count). The molecule has 148 valence electrons. The summed E-state index contributed by atoms with van der Waals surface area (Å²) in [6.45, 7) is 4.05. The second-order valence-electron chi connectivity index (χ2n) is 7.49. The zero-order valence-corrected chi connectivity index (χ0v) is 16.3. The Kier molecular flexibility index (Phi) is 4.88. The minimum Gasteiger partial charge on any atom is -0.346 e. The van der Waals surface area contributed by atoms with Crippen LogP contribution in [0.3, 0.4) is 0 Å². The van der Waals surface area contributed by atoms with E-state index in [2.05, 4.69) is 15.3 Å². The van der Waals surface area contributed by atoms with E-state index in [1.54, 1.807) is 24.3 Å². The number of aromatic amines is 1. The fraction of sp³-hybridized carbons (Fsp3) is 0.273. The van der Waals surface area contributed by atoms with E-state index in [9.17, 15) is 14.4 Å². The summed E-state index contributed by atoms with van der Waals surface area (Å²) in [4.78, 5) is 46.4. The van der Waals surface area contributed by atoms with Crippen LogP contribution in [0.2, 0.25) is 0 Å². The molecule has 29 heavy (non-hydrogen) atoms. The molecule has 2 N–H and O–H groups in total. The Morgan fingerprint density at radius 2 is 1.66 bits per heavy atom. The normalized spacial score (nSPS) is 14.5. The molecule has 7 heteroatoms.